The Bertz CT molecular complexity index is 2390. The molecule has 1 aliphatic carbocycles. The van der Waals surface area contributed by atoms with Gasteiger partial charge in [-0.1, -0.05) is 127 Å². The number of hydrogen-bond donors (Lipinski definition) is 0. The monoisotopic (exact) mass is 616 g/mol. The molecule has 1 aliphatic heterocycles. The number of para-hydroxylation sites is 4. The van der Waals surface area contributed by atoms with Crippen molar-refractivity contribution in [2.45, 2.75) is 5.41 Å². The Hall–Kier alpha value is -5.77. The topological polar surface area (TPSA) is 16.1 Å². The largest absolute Gasteiger partial charge is 0.310 e. The summed E-state index contributed by atoms with van der Waals surface area (Å²) >= 11 is 1.75. The molecule has 0 radical (unpaired) electrons. The lowest BCUT2D eigenvalue weighted by atomic mass is 9.64. The smallest absolute Gasteiger partial charge is 0.124 e. The lowest BCUT2D eigenvalue weighted by Crippen LogP contribution is -2.36. The summed E-state index contributed by atoms with van der Waals surface area (Å²) in [6.07, 6.45) is 0. The maximum Gasteiger partial charge on any atom is 0.124 e. The number of anilines is 3. The van der Waals surface area contributed by atoms with Gasteiger partial charge in [-0.05, 0) is 87.0 Å². The first-order valence-corrected chi connectivity index (χ1v) is 16.9. The molecule has 0 N–H and O–H groups in total. The third-order valence-electron chi connectivity index (χ3n) is 9.92. The van der Waals surface area contributed by atoms with E-state index in [2.05, 4.69) is 175 Å². The summed E-state index contributed by atoms with van der Waals surface area (Å²) in [7, 11) is 0. The lowest BCUT2D eigenvalue weighted by molar-refractivity contribution is 0.753. The first-order valence-electron chi connectivity index (χ1n) is 16.1. The fourth-order valence-corrected chi connectivity index (χ4v) is 8.91. The van der Waals surface area contributed by atoms with Gasteiger partial charge in [-0.25, -0.2) is 4.98 Å². The van der Waals surface area contributed by atoms with Crippen LogP contribution in [0, 0.1) is 0 Å². The van der Waals surface area contributed by atoms with E-state index < -0.39 is 5.41 Å². The van der Waals surface area contributed by atoms with Crippen LogP contribution >= 0.6 is 11.3 Å². The van der Waals surface area contributed by atoms with Crippen molar-refractivity contribution in [2.75, 3.05) is 4.90 Å². The highest BCUT2D eigenvalue weighted by atomic mass is 32.1. The Labute approximate surface area is 277 Å². The van der Waals surface area contributed by atoms with Gasteiger partial charge in [-0.15, -0.1) is 11.3 Å². The molecule has 1 spiro atoms. The molecular formula is C44H28N2S. The Kier molecular flexibility index (Phi) is 5.69. The van der Waals surface area contributed by atoms with E-state index in [9.17, 15) is 0 Å². The van der Waals surface area contributed by atoms with E-state index in [1.54, 1.807) is 11.3 Å². The molecule has 2 aliphatic rings. The number of aromatic nitrogens is 1. The van der Waals surface area contributed by atoms with Crippen molar-refractivity contribution >= 4 is 38.6 Å². The zero-order valence-corrected chi connectivity index (χ0v) is 26.3. The average molecular weight is 617 g/mol. The predicted octanol–water partition coefficient (Wildman–Crippen LogP) is 11.8. The second kappa shape index (κ2) is 10.1. The van der Waals surface area contributed by atoms with E-state index in [1.165, 1.54) is 60.6 Å². The van der Waals surface area contributed by atoms with Crippen molar-refractivity contribution in [2.24, 2.45) is 0 Å². The van der Waals surface area contributed by atoms with Crippen LogP contribution in [0.3, 0.4) is 0 Å². The van der Waals surface area contributed by atoms with Crippen LogP contribution in [-0.4, -0.2) is 4.98 Å². The van der Waals surface area contributed by atoms with E-state index in [1.807, 2.05) is 0 Å². The third kappa shape index (κ3) is 3.75. The number of fused-ring (bicyclic) bond motifs is 10. The zero-order chi connectivity index (χ0) is 31.0. The van der Waals surface area contributed by atoms with Crippen molar-refractivity contribution in [1.82, 2.24) is 4.98 Å². The molecule has 0 unspecified atom stereocenters. The molecule has 2 heterocycles. The first kappa shape index (κ1) is 26.4. The van der Waals surface area contributed by atoms with Gasteiger partial charge in [-0.2, -0.15) is 0 Å². The predicted molar refractivity (Wildman–Crippen MR) is 196 cm³/mol. The van der Waals surface area contributed by atoms with Crippen molar-refractivity contribution in [1.29, 1.82) is 0 Å². The van der Waals surface area contributed by atoms with Crippen molar-refractivity contribution in [3.05, 3.63) is 192 Å². The van der Waals surface area contributed by atoms with Gasteiger partial charge in [0.2, 0.25) is 0 Å². The normalized spacial score (nSPS) is 13.7. The summed E-state index contributed by atoms with van der Waals surface area (Å²) < 4.78 is 1.22. The van der Waals surface area contributed by atoms with Gasteiger partial charge in [0.1, 0.15) is 5.01 Å². The molecule has 0 atom stereocenters. The minimum atomic E-state index is -0.457. The van der Waals surface area contributed by atoms with Crippen LogP contribution in [0.1, 0.15) is 22.3 Å². The third-order valence-corrected chi connectivity index (χ3v) is 11.0. The average Bonchev–Trinajstić information content (AvgIpc) is 3.70. The Morgan fingerprint density at radius 2 is 1.02 bits per heavy atom. The first-order chi connectivity index (χ1) is 23.3. The quantitative estimate of drug-likeness (QED) is 0.196. The molecule has 0 bridgehead atoms. The van der Waals surface area contributed by atoms with Gasteiger partial charge in [0.25, 0.3) is 0 Å². The van der Waals surface area contributed by atoms with Crippen molar-refractivity contribution < 1.29 is 0 Å². The standard InChI is InChI=1S/C44H28N2S/c1-2-12-32(13-3-1)46-40-19-9-6-16-36(40)44(37-17-7-10-20-41(37)46)35-15-5-4-14-33(35)34-27-26-31(28-38(34)44)29-22-24-30(25-23-29)43-45-39-18-8-11-21-42(39)47-43/h1-28H. The van der Waals surface area contributed by atoms with Gasteiger partial charge in [-0.3, -0.25) is 0 Å². The second-order valence-electron chi connectivity index (χ2n) is 12.3. The van der Waals surface area contributed by atoms with Crippen LogP contribution in [0.25, 0.3) is 43.0 Å². The van der Waals surface area contributed by atoms with E-state index in [0.717, 1.165) is 21.8 Å². The molecule has 8 aromatic rings. The summed E-state index contributed by atoms with van der Waals surface area (Å²) in [5, 5.41) is 1.06. The summed E-state index contributed by atoms with van der Waals surface area (Å²) in [4.78, 5) is 7.33. The SMILES string of the molecule is c1ccc(N2c3ccccc3C3(c4ccccc4-c4ccc(-c5ccc(-c6nc7ccccc7s6)cc5)cc43)c3ccccc32)cc1. The van der Waals surface area contributed by atoms with Crippen LogP contribution in [0.2, 0.25) is 0 Å². The molecule has 220 valence electrons. The second-order valence-corrected chi connectivity index (χ2v) is 13.4. The molecule has 10 rings (SSSR count). The Balaban J connectivity index is 1.19. The highest BCUT2D eigenvalue weighted by Crippen LogP contribution is 2.63. The maximum absolute atomic E-state index is 4.90. The van der Waals surface area contributed by atoms with Crippen LogP contribution in [-0.2, 0) is 5.41 Å². The van der Waals surface area contributed by atoms with Crippen LogP contribution < -0.4 is 4.90 Å². The summed E-state index contributed by atoms with van der Waals surface area (Å²) in [6, 6.07) is 62.1. The summed E-state index contributed by atoms with van der Waals surface area (Å²) in [5.41, 5.74) is 15.6. The number of thiazole rings is 1. The number of nitrogens with zero attached hydrogens (tertiary/aromatic N) is 2. The van der Waals surface area contributed by atoms with Crippen molar-refractivity contribution in [3.63, 3.8) is 0 Å². The minimum absolute atomic E-state index is 0.457. The van der Waals surface area contributed by atoms with Gasteiger partial charge < -0.3 is 4.90 Å². The van der Waals surface area contributed by atoms with Crippen LogP contribution in [0.4, 0.5) is 17.1 Å². The fraction of sp³-hybridized carbons (Fsp3) is 0.0227. The van der Waals surface area contributed by atoms with Crippen molar-refractivity contribution in [3.8, 4) is 32.8 Å². The van der Waals surface area contributed by atoms with Gasteiger partial charge in [0, 0.05) is 11.3 Å². The van der Waals surface area contributed by atoms with E-state index in [4.69, 9.17) is 4.98 Å². The summed E-state index contributed by atoms with van der Waals surface area (Å²) in [5.74, 6) is 0. The molecule has 3 heteroatoms. The molecule has 0 fully saturated rings. The van der Waals surface area contributed by atoms with Gasteiger partial charge >= 0.3 is 0 Å². The lowest BCUT2D eigenvalue weighted by Gasteiger charge is -2.45. The molecule has 7 aromatic carbocycles. The zero-order valence-electron chi connectivity index (χ0n) is 25.5. The number of hydrogen-bond acceptors (Lipinski definition) is 3. The molecule has 47 heavy (non-hydrogen) atoms. The molecule has 0 saturated carbocycles. The van der Waals surface area contributed by atoms with Gasteiger partial charge in [0.05, 0.1) is 27.0 Å². The van der Waals surface area contributed by atoms with E-state index >= 15 is 0 Å². The molecule has 2 nitrogen and oxygen atoms in total. The number of rotatable bonds is 3. The van der Waals surface area contributed by atoms with Crippen LogP contribution in [0.15, 0.2) is 170 Å². The number of benzene rings is 7. The molecule has 0 saturated heterocycles. The molecule has 1 aromatic heterocycles. The molecular weight excluding hydrogens is 589 g/mol. The van der Waals surface area contributed by atoms with E-state index in [-0.39, 0.29) is 0 Å². The van der Waals surface area contributed by atoms with E-state index in [0.29, 0.717) is 0 Å². The minimum Gasteiger partial charge on any atom is -0.310 e. The van der Waals surface area contributed by atoms with Gasteiger partial charge in [0.15, 0.2) is 0 Å². The Morgan fingerprint density at radius 1 is 0.447 bits per heavy atom. The fourth-order valence-electron chi connectivity index (χ4n) is 7.94. The maximum atomic E-state index is 4.90. The Morgan fingerprint density at radius 3 is 1.77 bits per heavy atom. The molecule has 0 amide bonds. The highest BCUT2D eigenvalue weighted by Gasteiger charge is 2.51. The highest BCUT2D eigenvalue weighted by molar-refractivity contribution is 7.21. The van der Waals surface area contributed by atoms with Crippen LogP contribution in [0.5, 0.6) is 0 Å². The summed E-state index contributed by atoms with van der Waals surface area (Å²) in [6.45, 7) is 0.